The second-order valence-corrected chi connectivity index (χ2v) is 4.46. The average Bonchev–Trinajstić information content (AvgIpc) is 2.11. The molecule has 11 heavy (non-hydrogen) atoms. The minimum absolute atomic E-state index is 0.116. The molecule has 2 atom stereocenters. The largest absolute Gasteiger partial charge is 0.391 e. The Morgan fingerprint density at radius 1 is 1.36 bits per heavy atom. The molecule has 2 heteroatoms. The zero-order chi connectivity index (χ0) is 8.65. The molecule has 0 saturated carbocycles. The fourth-order valence-corrected chi connectivity index (χ4v) is 1.87. The van der Waals surface area contributed by atoms with Crippen LogP contribution in [-0.4, -0.2) is 34.2 Å². The Morgan fingerprint density at radius 3 is 2.09 bits per heavy atom. The van der Waals surface area contributed by atoms with Gasteiger partial charge in [0.15, 0.2) is 0 Å². The van der Waals surface area contributed by atoms with Gasteiger partial charge in [0.1, 0.15) is 0 Å². The van der Waals surface area contributed by atoms with E-state index in [1.807, 2.05) is 0 Å². The molecule has 1 N–H and O–H groups in total. The smallest absolute Gasteiger partial charge is 0.0705 e. The number of hydrogen-bond donors (Lipinski definition) is 1. The number of rotatable bonds is 0. The van der Waals surface area contributed by atoms with E-state index in [1.54, 1.807) is 0 Å². The predicted molar refractivity (Wildman–Crippen MR) is 46.5 cm³/mol. The third kappa shape index (κ3) is 1.74. The Kier molecular flexibility index (Phi) is 2.26. The molecule has 2 nitrogen and oxygen atoms in total. The van der Waals surface area contributed by atoms with Crippen molar-refractivity contribution in [3.63, 3.8) is 0 Å². The Hall–Kier alpha value is -0.0800. The van der Waals surface area contributed by atoms with Gasteiger partial charge in [0.25, 0.3) is 0 Å². The van der Waals surface area contributed by atoms with Gasteiger partial charge in [0, 0.05) is 18.1 Å². The van der Waals surface area contributed by atoms with Gasteiger partial charge in [0.05, 0.1) is 6.10 Å². The van der Waals surface area contributed by atoms with Gasteiger partial charge in [-0.2, -0.15) is 0 Å². The van der Waals surface area contributed by atoms with E-state index in [0.717, 1.165) is 13.0 Å². The van der Waals surface area contributed by atoms with Gasteiger partial charge >= 0.3 is 0 Å². The number of hydrogen-bond acceptors (Lipinski definition) is 2. The second kappa shape index (κ2) is 2.76. The van der Waals surface area contributed by atoms with Crippen LogP contribution < -0.4 is 0 Å². The van der Waals surface area contributed by atoms with Crippen LogP contribution in [0.4, 0.5) is 0 Å². The lowest BCUT2D eigenvalue weighted by Gasteiger charge is -2.35. The third-order valence-corrected chi connectivity index (χ3v) is 2.58. The van der Waals surface area contributed by atoms with Crippen molar-refractivity contribution in [1.82, 2.24) is 4.90 Å². The molecule has 0 radical (unpaired) electrons. The zero-order valence-corrected chi connectivity index (χ0v) is 7.96. The maximum atomic E-state index is 9.49. The minimum atomic E-state index is -0.116. The molecule has 1 saturated heterocycles. The summed E-state index contributed by atoms with van der Waals surface area (Å²) in [6, 6.07) is 0.329. The van der Waals surface area contributed by atoms with Gasteiger partial charge in [-0.25, -0.2) is 0 Å². The average molecular weight is 157 g/mol. The van der Waals surface area contributed by atoms with Crippen molar-refractivity contribution in [2.75, 3.05) is 6.54 Å². The highest BCUT2D eigenvalue weighted by molar-refractivity contribution is 4.90. The summed E-state index contributed by atoms with van der Waals surface area (Å²) in [4.78, 5) is 2.36. The van der Waals surface area contributed by atoms with Crippen LogP contribution in [0.3, 0.4) is 0 Å². The summed E-state index contributed by atoms with van der Waals surface area (Å²) in [5.74, 6) is 0. The Morgan fingerprint density at radius 2 is 1.91 bits per heavy atom. The van der Waals surface area contributed by atoms with Crippen LogP contribution in [0.5, 0.6) is 0 Å². The molecule has 0 aromatic carbocycles. The first-order valence-electron chi connectivity index (χ1n) is 4.38. The first kappa shape index (κ1) is 9.01. The molecule has 1 heterocycles. The number of likely N-dealkylation sites (tertiary alicyclic amines) is 1. The molecule has 0 aromatic heterocycles. The van der Waals surface area contributed by atoms with Crippen molar-refractivity contribution in [1.29, 1.82) is 0 Å². The fraction of sp³-hybridized carbons (Fsp3) is 1.00. The zero-order valence-electron chi connectivity index (χ0n) is 7.96. The summed E-state index contributed by atoms with van der Waals surface area (Å²) in [5, 5.41) is 9.49. The van der Waals surface area contributed by atoms with Crippen molar-refractivity contribution < 1.29 is 5.11 Å². The van der Waals surface area contributed by atoms with Gasteiger partial charge in [-0.3, -0.25) is 4.90 Å². The SMILES string of the molecule is C[C@@H]1[C@@H](O)CCN1C(C)(C)C. The molecule has 1 aliphatic heterocycles. The molecule has 1 rings (SSSR count). The van der Waals surface area contributed by atoms with Crippen LogP contribution in [0.25, 0.3) is 0 Å². The van der Waals surface area contributed by atoms with Crippen LogP contribution in [0.1, 0.15) is 34.1 Å². The standard InChI is InChI=1S/C9H19NO/c1-7-8(11)5-6-10(7)9(2,3)4/h7-8,11H,5-6H2,1-4H3/t7-,8+/m1/s1. The summed E-state index contributed by atoms with van der Waals surface area (Å²) >= 11 is 0. The maximum Gasteiger partial charge on any atom is 0.0705 e. The Labute approximate surface area is 69.2 Å². The summed E-state index contributed by atoms with van der Waals surface area (Å²) < 4.78 is 0. The number of aliphatic hydroxyl groups excluding tert-OH is 1. The lowest BCUT2D eigenvalue weighted by atomic mass is 10.1. The van der Waals surface area contributed by atoms with Crippen LogP contribution in [0.2, 0.25) is 0 Å². The van der Waals surface area contributed by atoms with Crippen LogP contribution in [-0.2, 0) is 0 Å². The second-order valence-electron chi connectivity index (χ2n) is 4.46. The fourth-order valence-electron chi connectivity index (χ4n) is 1.87. The van der Waals surface area contributed by atoms with Crippen LogP contribution >= 0.6 is 0 Å². The molecule has 0 spiro atoms. The normalized spacial score (nSPS) is 34.6. The Balaban J connectivity index is 2.62. The number of aliphatic hydroxyl groups is 1. The molecule has 1 fully saturated rings. The van der Waals surface area contributed by atoms with Gasteiger partial charge in [-0.1, -0.05) is 0 Å². The highest BCUT2D eigenvalue weighted by Crippen LogP contribution is 2.25. The van der Waals surface area contributed by atoms with Crippen molar-refractivity contribution in [2.45, 2.75) is 51.8 Å². The summed E-state index contributed by atoms with van der Waals surface area (Å²) in [5.41, 5.74) is 0.205. The lowest BCUT2D eigenvalue weighted by molar-refractivity contribution is 0.0743. The first-order chi connectivity index (χ1) is 4.93. The topological polar surface area (TPSA) is 23.5 Å². The molecule has 0 aliphatic carbocycles. The minimum Gasteiger partial charge on any atom is -0.391 e. The summed E-state index contributed by atoms with van der Waals surface area (Å²) in [6.45, 7) is 9.72. The van der Waals surface area contributed by atoms with Gasteiger partial charge in [-0.05, 0) is 34.1 Å². The quantitative estimate of drug-likeness (QED) is 0.572. The highest BCUT2D eigenvalue weighted by Gasteiger charge is 2.35. The molecular weight excluding hydrogens is 138 g/mol. The summed E-state index contributed by atoms with van der Waals surface area (Å²) in [6.07, 6.45) is 0.813. The van der Waals surface area contributed by atoms with E-state index in [9.17, 15) is 5.11 Å². The van der Waals surface area contributed by atoms with Crippen molar-refractivity contribution in [3.05, 3.63) is 0 Å². The molecule has 0 unspecified atom stereocenters. The van der Waals surface area contributed by atoms with E-state index in [0.29, 0.717) is 6.04 Å². The third-order valence-electron chi connectivity index (χ3n) is 2.58. The van der Waals surface area contributed by atoms with Crippen molar-refractivity contribution >= 4 is 0 Å². The van der Waals surface area contributed by atoms with Crippen molar-refractivity contribution in [2.24, 2.45) is 0 Å². The van der Waals surface area contributed by atoms with E-state index in [4.69, 9.17) is 0 Å². The first-order valence-corrected chi connectivity index (χ1v) is 4.38. The van der Waals surface area contributed by atoms with Gasteiger partial charge in [0.2, 0.25) is 0 Å². The predicted octanol–water partition coefficient (Wildman–Crippen LogP) is 1.24. The summed E-state index contributed by atoms with van der Waals surface area (Å²) in [7, 11) is 0. The molecule has 1 aliphatic rings. The molecule has 66 valence electrons. The highest BCUT2D eigenvalue weighted by atomic mass is 16.3. The van der Waals surface area contributed by atoms with E-state index in [1.165, 1.54) is 0 Å². The molecule has 0 amide bonds. The van der Waals surface area contributed by atoms with E-state index < -0.39 is 0 Å². The van der Waals surface area contributed by atoms with E-state index in [2.05, 4.69) is 32.6 Å². The van der Waals surface area contributed by atoms with E-state index in [-0.39, 0.29) is 11.6 Å². The van der Waals surface area contributed by atoms with Gasteiger partial charge in [-0.15, -0.1) is 0 Å². The van der Waals surface area contributed by atoms with Gasteiger partial charge < -0.3 is 5.11 Å². The van der Waals surface area contributed by atoms with Crippen molar-refractivity contribution in [3.8, 4) is 0 Å². The Bertz CT molecular complexity index is 139. The molecular formula is C9H19NO. The molecule has 0 bridgehead atoms. The molecule has 0 aromatic rings. The number of nitrogens with zero attached hydrogens (tertiary/aromatic N) is 1. The van der Waals surface area contributed by atoms with Crippen LogP contribution in [0.15, 0.2) is 0 Å². The van der Waals surface area contributed by atoms with Crippen LogP contribution in [0, 0.1) is 0 Å². The lowest BCUT2D eigenvalue weighted by Crippen LogP contribution is -2.45. The maximum absolute atomic E-state index is 9.49. The van der Waals surface area contributed by atoms with E-state index >= 15 is 0 Å². The monoisotopic (exact) mass is 157 g/mol.